The second-order valence-corrected chi connectivity index (χ2v) is 5.04. The number of hydrogen-bond donors (Lipinski definition) is 2. The molecule has 3 nitrogen and oxygen atoms in total. The standard InChI is InChI=1S/C14H18F4N2O/c15-10-1-2-11(12(9-10)14(16,17)18)13(3-8-21)20-6-4-19-5-7-20/h1-2,9,13,19,21H,3-8H2/t13-/m1/s1. The molecule has 1 aromatic rings. The summed E-state index contributed by atoms with van der Waals surface area (Å²) in [5.41, 5.74) is -0.931. The second kappa shape index (κ2) is 6.72. The molecule has 0 saturated carbocycles. The summed E-state index contributed by atoms with van der Waals surface area (Å²) < 4.78 is 52.6. The third kappa shape index (κ3) is 3.93. The zero-order chi connectivity index (χ0) is 15.5. The number of rotatable bonds is 4. The van der Waals surface area contributed by atoms with Gasteiger partial charge in [0.1, 0.15) is 5.82 Å². The van der Waals surface area contributed by atoms with Gasteiger partial charge in [-0.05, 0) is 24.1 Å². The van der Waals surface area contributed by atoms with Crippen molar-refractivity contribution in [3.05, 3.63) is 35.1 Å². The molecule has 1 fully saturated rings. The Hall–Kier alpha value is -1.18. The third-order valence-electron chi connectivity index (χ3n) is 3.67. The third-order valence-corrected chi connectivity index (χ3v) is 3.67. The summed E-state index contributed by atoms with van der Waals surface area (Å²) in [5, 5.41) is 12.3. The summed E-state index contributed by atoms with van der Waals surface area (Å²) in [4.78, 5) is 1.90. The molecular weight excluding hydrogens is 288 g/mol. The molecule has 118 valence electrons. The van der Waals surface area contributed by atoms with Gasteiger partial charge in [-0.1, -0.05) is 6.07 Å². The van der Waals surface area contributed by atoms with Crippen molar-refractivity contribution in [3.8, 4) is 0 Å². The van der Waals surface area contributed by atoms with E-state index >= 15 is 0 Å². The minimum Gasteiger partial charge on any atom is -0.396 e. The number of nitrogens with one attached hydrogen (secondary N) is 1. The summed E-state index contributed by atoms with van der Waals surface area (Å²) in [6.07, 6.45) is -4.42. The van der Waals surface area contributed by atoms with E-state index in [1.165, 1.54) is 6.07 Å². The van der Waals surface area contributed by atoms with Crippen LogP contribution in [0.2, 0.25) is 0 Å². The lowest BCUT2D eigenvalue weighted by Gasteiger charge is -2.36. The van der Waals surface area contributed by atoms with Crippen LogP contribution in [0.4, 0.5) is 17.6 Å². The van der Waals surface area contributed by atoms with Gasteiger partial charge >= 0.3 is 6.18 Å². The van der Waals surface area contributed by atoms with Gasteiger partial charge < -0.3 is 10.4 Å². The highest BCUT2D eigenvalue weighted by Crippen LogP contribution is 2.38. The number of hydrogen-bond acceptors (Lipinski definition) is 3. The van der Waals surface area contributed by atoms with Gasteiger partial charge in [0, 0.05) is 38.8 Å². The summed E-state index contributed by atoms with van der Waals surface area (Å²) >= 11 is 0. The number of nitrogens with zero attached hydrogens (tertiary/aromatic N) is 1. The maximum atomic E-state index is 13.2. The van der Waals surface area contributed by atoms with E-state index in [4.69, 9.17) is 0 Å². The average Bonchev–Trinajstić information content (AvgIpc) is 2.45. The maximum Gasteiger partial charge on any atom is 0.416 e. The van der Waals surface area contributed by atoms with Crippen LogP contribution in [0.3, 0.4) is 0 Å². The molecule has 1 heterocycles. The highest BCUT2D eigenvalue weighted by Gasteiger charge is 2.37. The second-order valence-electron chi connectivity index (χ2n) is 5.04. The summed E-state index contributed by atoms with van der Waals surface area (Å²) in [6, 6.07) is 2.19. The SMILES string of the molecule is OCC[C@H](c1ccc(F)cc1C(F)(F)F)N1CCNCC1. The highest BCUT2D eigenvalue weighted by atomic mass is 19.4. The van der Waals surface area contributed by atoms with E-state index in [0.717, 1.165) is 6.07 Å². The molecule has 21 heavy (non-hydrogen) atoms. The van der Waals surface area contributed by atoms with Crippen molar-refractivity contribution in [2.24, 2.45) is 0 Å². The van der Waals surface area contributed by atoms with Crippen molar-refractivity contribution in [3.63, 3.8) is 0 Å². The van der Waals surface area contributed by atoms with Gasteiger partial charge in [0.25, 0.3) is 0 Å². The Morgan fingerprint density at radius 3 is 2.48 bits per heavy atom. The zero-order valence-corrected chi connectivity index (χ0v) is 11.5. The molecule has 2 N–H and O–H groups in total. The number of aliphatic hydroxyl groups excluding tert-OH is 1. The predicted molar refractivity (Wildman–Crippen MR) is 70.3 cm³/mol. The molecule has 0 radical (unpaired) electrons. The topological polar surface area (TPSA) is 35.5 Å². The van der Waals surface area contributed by atoms with Gasteiger partial charge in [0.15, 0.2) is 0 Å². The fraction of sp³-hybridized carbons (Fsp3) is 0.571. The first-order valence-electron chi connectivity index (χ1n) is 6.85. The Balaban J connectivity index is 2.39. The Labute approximate surface area is 120 Å². The van der Waals surface area contributed by atoms with Crippen LogP contribution in [-0.2, 0) is 6.18 Å². The van der Waals surface area contributed by atoms with E-state index < -0.39 is 23.6 Å². The predicted octanol–water partition coefficient (Wildman–Crippen LogP) is 2.17. The number of aliphatic hydroxyl groups is 1. The number of benzene rings is 1. The first-order valence-corrected chi connectivity index (χ1v) is 6.85. The number of alkyl halides is 3. The molecule has 0 bridgehead atoms. The lowest BCUT2D eigenvalue weighted by Crippen LogP contribution is -2.45. The van der Waals surface area contributed by atoms with Crippen LogP contribution in [0.1, 0.15) is 23.6 Å². The van der Waals surface area contributed by atoms with Crippen LogP contribution in [0, 0.1) is 5.82 Å². The highest BCUT2D eigenvalue weighted by molar-refractivity contribution is 5.33. The first-order chi connectivity index (χ1) is 9.93. The minimum atomic E-state index is -4.61. The summed E-state index contributed by atoms with van der Waals surface area (Å²) in [5.74, 6) is -0.908. The van der Waals surface area contributed by atoms with E-state index in [1.54, 1.807) is 0 Å². The lowest BCUT2D eigenvalue weighted by molar-refractivity contribution is -0.139. The van der Waals surface area contributed by atoms with Crippen LogP contribution < -0.4 is 5.32 Å². The molecule has 1 aliphatic heterocycles. The molecule has 0 unspecified atom stereocenters. The van der Waals surface area contributed by atoms with Crippen LogP contribution >= 0.6 is 0 Å². The lowest BCUT2D eigenvalue weighted by atomic mass is 9.95. The molecule has 2 rings (SSSR count). The van der Waals surface area contributed by atoms with Gasteiger partial charge in [-0.3, -0.25) is 4.90 Å². The van der Waals surface area contributed by atoms with Crippen LogP contribution in [0.15, 0.2) is 18.2 Å². The fourth-order valence-corrected chi connectivity index (χ4v) is 2.72. The monoisotopic (exact) mass is 306 g/mol. The fourth-order valence-electron chi connectivity index (χ4n) is 2.72. The van der Waals surface area contributed by atoms with E-state index in [1.807, 2.05) is 4.90 Å². The van der Waals surface area contributed by atoms with Gasteiger partial charge in [0.2, 0.25) is 0 Å². The Kier molecular flexibility index (Phi) is 5.18. The van der Waals surface area contributed by atoms with E-state index in [0.29, 0.717) is 32.2 Å². The van der Waals surface area contributed by atoms with Crippen molar-refractivity contribution in [1.82, 2.24) is 10.2 Å². The van der Waals surface area contributed by atoms with Crippen molar-refractivity contribution >= 4 is 0 Å². The van der Waals surface area contributed by atoms with Crippen LogP contribution in [0.25, 0.3) is 0 Å². The molecule has 1 aromatic carbocycles. The molecule has 7 heteroatoms. The van der Waals surface area contributed by atoms with E-state index in [9.17, 15) is 22.7 Å². The van der Waals surface area contributed by atoms with Gasteiger partial charge in [0.05, 0.1) is 5.56 Å². The Morgan fingerprint density at radius 1 is 1.24 bits per heavy atom. The first kappa shape index (κ1) is 16.2. The van der Waals surface area contributed by atoms with E-state index in [-0.39, 0.29) is 18.6 Å². The molecule has 1 saturated heterocycles. The molecule has 0 amide bonds. The van der Waals surface area contributed by atoms with E-state index in [2.05, 4.69) is 5.32 Å². The van der Waals surface area contributed by atoms with Crippen LogP contribution in [0.5, 0.6) is 0 Å². The Bertz CT molecular complexity index is 473. The average molecular weight is 306 g/mol. The molecule has 1 atom stereocenters. The van der Waals surface area contributed by atoms with Gasteiger partial charge in [-0.2, -0.15) is 13.2 Å². The molecular formula is C14H18F4N2O. The van der Waals surface area contributed by atoms with Gasteiger partial charge in [-0.25, -0.2) is 4.39 Å². The van der Waals surface area contributed by atoms with Crippen molar-refractivity contribution < 1.29 is 22.7 Å². The van der Waals surface area contributed by atoms with Gasteiger partial charge in [-0.15, -0.1) is 0 Å². The summed E-state index contributed by atoms with van der Waals surface area (Å²) in [7, 11) is 0. The molecule has 0 spiro atoms. The molecule has 0 aliphatic carbocycles. The smallest absolute Gasteiger partial charge is 0.396 e. The van der Waals surface area contributed by atoms with Crippen LogP contribution in [-0.4, -0.2) is 42.8 Å². The molecule has 1 aliphatic rings. The number of piperazine rings is 1. The van der Waals surface area contributed by atoms with Crippen molar-refractivity contribution in [2.75, 3.05) is 32.8 Å². The van der Waals surface area contributed by atoms with Crippen molar-refractivity contribution in [2.45, 2.75) is 18.6 Å². The van der Waals surface area contributed by atoms with Crippen molar-refractivity contribution in [1.29, 1.82) is 0 Å². The quantitative estimate of drug-likeness (QED) is 0.837. The maximum absolute atomic E-state index is 13.2. The largest absolute Gasteiger partial charge is 0.416 e. The summed E-state index contributed by atoms with van der Waals surface area (Å²) in [6.45, 7) is 2.34. The Morgan fingerprint density at radius 2 is 1.90 bits per heavy atom. The molecule has 0 aromatic heterocycles. The number of halogens is 4. The zero-order valence-electron chi connectivity index (χ0n) is 11.5. The minimum absolute atomic E-state index is 0.0276. The normalized spacial score (nSPS) is 18.7.